The molecule has 1 aliphatic rings. The number of benzene rings is 2. The van der Waals surface area contributed by atoms with Crippen LogP contribution < -0.4 is 0 Å². The second kappa shape index (κ2) is 11.5. The largest absolute Gasteiger partial charge is 0.480 e. The molecule has 0 spiro atoms. The predicted octanol–water partition coefficient (Wildman–Crippen LogP) is 2.96. The summed E-state index contributed by atoms with van der Waals surface area (Å²) in [4.78, 5) is 24.6. The number of ether oxygens (including phenoxy) is 4. The average Bonchev–Trinajstić information content (AvgIpc) is 3.11. The first-order valence-corrected chi connectivity index (χ1v) is 10.1. The second-order valence-electron chi connectivity index (χ2n) is 6.91. The van der Waals surface area contributed by atoms with Crippen molar-refractivity contribution in [2.45, 2.75) is 6.04 Å². The molecule has 0 saturated carbocycles. The summed E-state index contributed by atoms with van der Waals surface area (Å²) < 4.78 is 20.9. The summed E-state index contributed by atoms with van der Waals surface area (Å²) >= 11 is 0. The number of carbonyl (C=O) groups is 2. The monoisotopic (exact) mass is 429 g/mol. The van der Waals surface area contributed by atoms with Crippen molar-refractivity contribution in [3.05, 3.63) is 59.7 Å². The third-order valence-electron chi connectivity index (χ3n) is 4.97. The molecule has 0 unspecified atom stereocenters. The number of methoxy groups -OCH3 is 1. The van der Waals surface area contributed by atoms with Gasteiger partial charge in [-0.15, -0.1) is 0 Å². The van der Waals surface area contributed by atoms with Crippen LogP contribution in [0.4, 0.5) is 4.79 Å². The molecule has 8 nitrogen and oxygen atoms in total. The third kappa shape index (κ3) is 5.81. The van der Waals surface area contributed by atoms with Gasteiger partial charge in [0, 0.05) is 6.54 Å². The Balaban J connectivity index is 1.53. The first-order chi connectivity index (χ1) is 15.1. The maximum atomic E-state index is 12.6. The molecule has 31 heavy (non-hydrogen) atoms. The number of fused-ring (bicyclic) bond motifs is 3. The molecule has 0 bridgehead atoms. The molecule has 1 amide bonds. The van der Waals surface area contributed by atoms with Gasteiger partial charge in [0.25, 0.3) is 0 Å². The average molecular weight is 429 g/mol. The Bertz CT molecular complexity index is 840. The summed E-state index contributed by atoms with van der Waals surface area (Å²) in [6.45, 7) is 1.56. The highest BCUT2D eigenvalue weighted by Crippen LogP contribution is 2.46. The van der Waals surface area contributed by atoms with Gasteiger partial charge in [0.15, 0.2) is 0 Å². The van der Waals surface area contributed by atoms with Gasteiger partial charge in [-0.3, -0.25) is 4.90 Å². The molecule has 8 heteroatoms. The fraction of sp³-hybridized carbons (Fsp3) is 0.391. The van der Waals surface area contributed by atoms with E-state index in [9.17, 15) is 9.59 Å². The number of aliphatic carboxylic acids is 1. The van der Waals surface area contributed by atoms with Crippen molar-refractivity contribution in [2.75, 3.05) is 53.3 Å². The molecule has 0 aromatic heterocycles. The zero-order valence-electron chi connectivity index (χ0n) is 17.5. The van der Waals surface area contributed by atoms with Crippen LogP contribution in [0.5, 0.6) is 0 Å². The summed E-state index contributed by atoms with van der Waals surface area (Å²) in [7, 11) is 1.38. The van der Waals surface area contributed by atoms with Gasteiger partial charge in [-0.2, -0.15) is 0 Å². The molecular formula is C23H27NO7. The minimum Gasteiger partial charge on any atom is -0.480 e. The molecule has 0 aliphatic heterocycles. The zero-order valence-corrected chi connectivity index (χ0v) is 17.5. The number of amides is 1. The number of carboxylic acids is 1. The molecule has 0 saturated heterocycles. The van der Waals surface area contributed by atoms with Crippen molar-refractivity contribution >= 4 is 12.1 Å². The Morgan fingerprint density at radius 3 is 1.90 bits per heavy atom. The van der Waals surface area contributed by atoms with Crippen LogP contribution in [-0.4, -0.2) is 75.4 Å². The highest BCUT2D eigenvalue weighted by molar-refractivity contribution is 5.81. The molecule has 0 heterocycles. The number of carboxylic acid groups (broad SMARTS) is 1. The summed E-state index contributed by atoms with van der Waals surface area (Å²) in [5.74, 6) is -1.01. The van der Waals surface area contributed by atoms with Crippen LogP contribution in [0, 0.1) is 0 Å². The summed E-state index contributed by atoms with van der Waals surface area (Å²) in [5.41, 5.74) is 4.38. The van der Waals surface area contributed by atoms with E-state index >= 15 is 0 Å². The van der Waals surface area contributed by atoms with E-state index in [0.29, 0.717) is 33.0 Å². The van der Waals surface area contributed by atoms with Gasteiger partial charge in [0.05, 0.1) is 46.2 Å². The molecule has 0 atom stereocenters. The minimum absolute atomic E-state index is 0.211. The molecule has 2 aromatic rings. The maximum Gasteiger partial charge on any atom is 0.410 e. The fourth-order valence-electron chi connectivity index (χ4n) is 3.67. The van der Waals surface area contributed by atoms with Crippen LogP contribution >= 0.6 is 0 Å². The van der Waals surface area contributed by atoms with E-state index in [1.165, 1.54) is 7.11 Å². The van der Waals surface area contributed by atoms with Gasteiger partial charge >= 0.3 is 12.1 Å². The Hall–Kier alpha value is -2.94. The van der Waals surface area contributed by atoms with Gasteiger partial charge in [0.2, 0.25) is 0 Å². The number of hydrogen-bond donors (Lipinski definition) is 1. The lowest BCUT2D eigenvalue weighted by atomic mass is 10.0. The van der Waals surface area contributed by atoms with E-state index in [4.69, 9.17) is 24.1 Å². The van der Waals surface area contributed by atoms with E-state index < -0.39 is 12.1 Å². The highest BCUT2D eigenvalue weighted by Gasteiger charge is 2.35. The normalized spacial score (nSPS) is 12.3. The quantitative estimate of drug-likeness (QED) is 0.519. The number of rotatable bonds is 12. The molecule has 1 aliphatic carbocycles. The summed E-state index contributed by atoms with van der Waals surface area (Å²) in [6.07, 6.45) is -0.410. The molecule has 0 fully saturated rings. The fourth-order valence-corrected chi connectivity index (χ4v) is 3.67. The molecule has 0 radical (unpaired) electrons. The molecule has 166 valence electrons. The predicted molar refractivity (Wildman–Crippen MR) is 113 cm³/mol. The molecular weight excluding hydrogens is 402 g/mol. The van der Waals surface area contributed by atoms with Crippen LogP contribution in [0.2, 0.25) is 0 Å². The molecule has 1 N–H and O–H groups in total. The lowest BCUT2D eigenvalue weighted by Crippen LogP contribution is -2.37. The Kier molecular flexibility index (Phi) is 8.40. The lowest BCUT2D eigenvalue weighted by molar-refractivity contribution is -0.142. The van der Waals surface area contributed by atoms with Crippen LogP contribution in [-0.2, 0) is 23.7 Å². The summed E-state index contributed by atoms with van der Waals surface area (Å²) in [5, 5.41) is 8.48. The number of carbonyl (C=O) groups excluding carboxylic acids is 1. The number of nitrogens with zero attached hydrogens (tertiary/aromatic N) is 1. The second-order valence-corrected chi connectivity index (χ2v) is 6.91. The van der Waals surface area contributed by atoms with E-state index in [1.54, 1.807) is 4.90 Å². The van der Waals surface area contributed by atoms with Gasteiger partial charge in [-0.25, -0.2) is 9.59 Å². The van der Waals surface area contributed by atoms with Crippen LogP contribution in [0.3, 0.4) is 0 Å². The van der Waals surface area contributed by atoms with Crippen LogP contribution in [0.15, 0.2) is 48.5 Å². The third-order valence-corrected chi connectivity index (χ3v) is 4.97. The van der Waals surface area contributed by atoms with Gasteiger partial charge in [-0.05, 0) is 22.3 Å². The van der Waals surface area contributed by atoms with Crippen LogP contribution in [0.1, 0.15) is 17.2 Å². The van der Waals surface area contributed by atoms with Crippen molar-refractivity contribution in [3.63, 3.8) is 0 Å². The van der Waals surface area contributed by atoms with Gasteiger partial charge < -0.3 is 24.1 Å². The zero-order chi connectivity index (χ0) is 22.1. The minimum atomic E-state index is -1.01. The van der Waals surface area contributed by atoms with Gasteiger partial charge in [-0.1, -0.05) is 48.5 Å². The Morgan fingerprint density at radius 2 is 1.35 bits per heavy atom. The standard InChI is InChI=1S/C23H27NO7/c1-28-23(27)24(10-11-29-12-13-30-14-15-31-16-21(25)26)22-19-8-4-2-6-17(19)18-7-3-5-9-20(18)22/h2-9,22H,10-16H2,1H3,(H,25,26). The van der Waals surface area contributed by atoms with Crippen LogP contribution in [0.25, 0.3) is 11.1 Å². The van der Waals surface area contributed by atoms with Crippen molar-refractivity contribution in [2.24, 2.45) is 0 Å². The SMILES string of the molecule is COC(=O)N(CCOCCOCCOCC(=O)O)C1c2ccccc2-c2ccccc21. The first kappa shape index (κ1) is 22.7. The van der Waals surface area contributed by atoms with E-state index in [2.05, 4.69) is 12.1 Å². The smallest absolute Gasteiger partial charge is 0.410 e. The topological polar surface area (TPSA) is 94.5 Å². The van der Waals surface area contributed by atoms with E-state index in [1.807, 2.05) is 36.4 Å². The van der Waals surface area contributed by atoms with E-state index in [-0.39, 0.29) is 19.3 Å². The van der Waals surface area contributed by atoms with Crippen molar-refractivity contribution in [1.29, 1.82) is 0 Å². The first-order valence-electron chi connectivity index (χ1n) is 10.1. The van der Waals surface area contributed by atoms with E-state index in [0.717, 1.165) is 22.3 Å². The van der Waals surface area contributed by atoms with Crippen molar-refractivity contribution in [1.82, 2.24) is 4.90 Å². The molecule has 3 rings (SSSR count). The Morgan fingerprint density at radius 1 is 0.839 bits per heavy atom. The Labute approximate surface area is 181 Å². The summed E-state index contributed by atoms with van der Waals surface area (Å²) in [6, 6.07) is 15.9. The molecule has 2 aromatic carbocycles. The van der Waals surface area contributed by atoms with Gasteiger partial charge in [0.1, 0.15) is 6.61 Å². The number of hydrogen-bond acceptors (Lipinski definition) is 6. The van der Waals surface area contributed by atoms with Crippen molar-refractivity contribution in [3.8, 4) is 11.1 Å². The lowest BCUT2D eigenvalue weighted by Gasteiger charge is -2.29. The highest BCUT2D eigenvalue weighted by atomic mass is 16.6. The maximum absolute atomic E-state index is 12.6. The van der Waals surface area contributed by atoms with Crippen molar-refractivity contribution < 1.29 is 33.6 Å².